The second kappa shape index (κ2) is 8.69. The third kappa shape index (κ3) is 5.42. The fourth-order valence-corrected chi connectivity index (χ4v) is 2.69. The lowest BCUT2D eigenvalue weighted by Gasteiger charge is -2.14. The van der Waals surface area contributed by atoms with E-state index in [9.17, 15) is 35.9 Å². The Morgan fingerprint density at radius 3 is 1.69 bits per heavy atom. The molecule has 2 aromatic carbocycles. The van der Waals surface area contributed by atoms with Crippen LogP contribution in [0.1, 0.15) is 31.8 Å². The quantitative estimate of drug-likeness (QED) is 0.440. The van der Waals surface area contributed by atoms with Crippen molar-refractivity contribution in [3.8, 4) is 11.1 Å². The first-order valence-corrected chi connectivity index (χ1v) is 8.86. The van der Waals surface area contributed by atoms with Gasteiger partial charge in [-0.15, -0.1) is 0 Å². The topological polar surface area (TPSA) is 71.1 Å². The van der Waals surface area contributed by atoms with Crippen molar-refractivity contribution in [2.75, 3.05) is 0 Å². The first-order chi connectivity index (χ1) is 14.9. The molecule has 2 amide bonds. The van der Waals surface area contributed by atoms with E-state index < -0.39 is 40.9 Å². The number of pyridine rings is 1. The number of nitrogens with zero attached hydrogens (tertiary/aromatic N) is 1. The Kier molecular flexibility index (Phi) is 6.19. The van der Waals surface area contributed by atoms with E-state index in [-0.39, 0.29) is 23.8 Å². The van der Waals surface area contributed by atoms with E-state index >= 15 is 0 Å². The number of rotatable bonds is 3. The molecule has 0 saturated carbocycles. The summed E-state index contributed by atoms with van der Waals surface area (Å²) in [4.78, 5) is 28.3. The van der Waals surface area contributed by atoms with Gasteiger partial charge in [0.2, 0.25) is 0 Å². The van der Waals surface area contributed by atoms with Gasteiger partial charge in [0.15, 0.2) is 0 Å². The fraction of sp³-hybridized carbons (Fsp3) is 0.0952. The van der Waals surface area contributed by atoms with E-state index in [1.807, 2.05) is 10.9 Å². The number of halogens is 6. The second-order valence-corrected chi connectivity index (χ2v) is 6.52. The maximum atomic E-state index is 12.9. The zero-order valence-electron chi connectivity index (χ0n) is 15.9. The molecule has 0 saturated heterocycles. The molecule has 5 nitrogen and oxygen atoms in total. The zero-order chi connectivity index (χ0) is 23.5. The minimum absolute atomic E-state index is 0.0953. The molecular formula is C21H13F6N3O2. The molecule has 3 rings (SSSR count). The summed E-state index contributed by atoms with van der Waals surface area (Å²) in [5, 5.41) is 0. The Labute approximate surface area is 177 Å². The molecule has 32 heavy (non-hydrogen) atoms. The Hall–Kier alpha value is -3.89. The van der Waals surface area contributed by atoms with Crippen LogP contribution in [-0.2, 0) is 12.4 Å². The van der Waals surface area contributed by atoms with Crippen molar-refractivity contribution in [3.63, 3.8) is 0 Å². The van der Waals surface area contributed by atoms with E-state index in [0.29, 0.717) is 0 Å². The molecule has 0 aliphatic heterocycles. The lowest BCUT2D eigenvalue weighted by atomic mass is 10.0. The van der Waals surface area contributed by atoms with Crippen molar-refractivity contribution < 1.29 is 35.9 Å². The maximum absolute atomic E-state index is 12.9. The van der Waals surface area contributed by atoms with Crippen LogP contribution in [0.3, 0.4) is 0 Å². The number of carbonyl (C=O) groups is 2. The molecule has 0 aliphatic carbocycles. The van der Waals surface area contributed by atoms with Crippen LogP contribution in [0.2, 0.25) is 0 Å². The van der Waals surface area contributed by atoms with Crippen LogP contribution in [0, 0.1) is 0 Å². The molecule has 0 atom stereocenters. The largest absolute Gasteiger partial charge is 0.416 e. The smallest absolute Gasteiger partial charge is 0.267 e. The van der Waals surface area contributed by atoms with E-state index in [1.165, 1.54) is 12.1 Å². The highest BCUT2D eigenvalue weighted by molar-refractivity contribution is 5.99. The lowest BCUT2D eigenvalue weighted by Crippen LogP contribution is -2.41. The first-order valence-electron chi connectivity index (χ1n) is 8.86. The highest BCUT2D eigenvalue weighted by Gasteiger charge is 2.37. The molecule has 166 valence electrons. The monoisotopic (exact) mass is 453 g/mol. The SMILES string of the molecule is O=C(NNC(=O)c1cc(C(F)(F)F)cc(C(F)(F)F)c1)c1ccc(-c2cccnc2)cc1. The molecule has 1 aromatic heterocycles. The summed E-state index contributed by atoms with van der Waals surface area (Å²) in [5.41, 5.74) is 1.21. The predicted octanol–water partition coefficient (Wildman–Crippen LogP) is 4.86. The molecule has 1 heterocycles. The average Bonchev–Trinajstić information content (AvgIpc) is 2.76. The van der Waals surface area contributed by atoms with Gasteiger partial charge in [0, 0.05) is 23.5 Å². The molecule has 11 heteroatoms. The summed E-state index contributed by atoms with van der Waals surface area (Å²) in [6.07, 6.45) is -7.00. The van der Waals surface area contributed by atoms with Crippen molar-refractivity contribution in [1.29, 1.82) is 0 Å². The van der Waals surface area contributed by atoms with Crippen LogP contribution in [0.15, 0.2) is 67.0 Å². The number of amides is 2. The third-order valence-corrected chi connectivity index (χ3v) is 4.28. The van der Waals surface area contributed by atoms with E-state index in [0.717, 1.165) is 11.1 Å². The molecule has 0 spiro atoms. The number of hydrogen-bond acceptors (Lipinski definition) is 3. The molecular weight excluding hydrogens is 440 g/mol. The molecule has 0 aliphatic rings. The Bertz CT molecular complexity index is 1090. The van der Waals surface area contributed by atoms with Gasteiger partial charge in [0.25, 0.3) is 11.8 Å². The second-order valence-electron chi connectivity index (χ2n) is 6.52. The normalized spacial score (nSPS) is 11.7. The molecule has 2 N–H and O–H groups in total. The maximum Gasteiger partial charge on any atom is 0.416 e. The summed E-state index contributed by atoms with van der Waals surface area (Å²) < 4.78 is 77.5. The highest BCUT2D eigenvalue weighted by atomic mass is 19.4. The van der Waals surface area contributed by atoms with Crippen molar-refractivity contribution in [3.05, 3.63) is 89.2 Å². The molecule has 0 bridgehead atoms. The van der Waals surface area contributed by atoms with Gasteiger partial charge in [-0.1, -0.05) is 18.2 Å². The molecule has 3 aromatic rings. The minimum atomic E-state index is -5.10. The van der Waals surface area contributed by atoms with Crippen molar-refractivity contribution >= 4 is 11.8 Å². The summed E-state index contributed by atoms with van der Waals surface area (Å²) in [6.45, 7) is 0. The first kappa shape index (κ1) is 22.8. The van der Waals surface area contributed by atoms with Gasteiger partial charge < -0.3 is 0 Å². The van der Waals surface area contributed by atoms with E-state index in [4.69, 9.17) is 0 Å². The minimum Gasteiger partial charge on any atom is -0.267 e. The van der Waals surface area contributed by atoms with Crippen molar-refractivity contribution in [2.45, 2.75) is 12.4 Å². The summed E-state index contributed by atoms with van der Waals surface area (Å²) >= 11 is 0. The number of hydrogen-bond donors (Lipinski definition) is 2. The Morgan fingerprint density at radius 1 is 0.688 bits per heavy atom. The molecule has 0 unspecified atom stereocenters. The fourth-order valence-electron chi connectivity index (χ4n) is 2.69. The molecule has 0 fully saturated rings. The summed E-state index contributed by atoms with van der Waals surface area (Å²) in [7, 11) is 0. The van der Waals surface area contributed by atoms with Gasteiger partial charge in [-0.3, -0.25) is 25.4 Å². The van der Waals surface area contributed by atoms with Crippen LogP contribution >= 0.6 is 0 Å². The standard InChI is InChI=1S/C21H13F6N3O2/c22-20(23,24)16-8-15(9-17(10-16)21(25,26)27)19(32)30-29-18(31)13-5-3-12(4-6-13)14-2-1-7-28-11-14/h1-11H,(H,29,31)(H,30,32). The number of hydrazine groups is 1. The zero-order valence-corrected chi connectivity index (χ0v) is 15.9. The van der Waals surface area contributed by atoms with Gasteiger partial charge >= 0.3 is 12.4 Å². The number of aromatic nitrogens is 1. The van der Waals surface area contributed by atoms with Crippen molar-refractivity contribution in [2.24, 2.45) is 0 Å². The Morgan fingerprint density at radius 2 is 1.22 bits per heavy atom. The van der Waals surface area contributed by atoms with Crippen LogP contribution in [0.5, 0.6) is 0 Å². The van der Waals surface area contributed by atoms with Crippen LogP contribution < -0.4 is 10.9 Å². The van der Waals surface area contributed by atoms with Crippen LogP contribution in [0.4, 0.5) is 26.3 Å². The average molecular weight is 453 g/mol. The van der Waals surface area contributed by atoms with E-state index in [2.05, 4.69) is 4.98 Å². The Balaban J connectivity index is 1.73. The van der Waals surface area contributed by atoms with Gasteiger partial charge in [0.1, 0.15) is 0 Å². The van der Waals surface area contributed by atoms with E-state index in [1.54, 1.807) is 36.7 Å². The van der Waals surface area contributed by atoms with Gasteiger partial charge in [-0.05, 0) is 47.5 Å². The number of carbonyl (C=O) groups excluding carboxylic acids is 2. The third-order valence-electron chi connectivity index (χ3n) is 4.28. The number of nitrogens with one attached hydrogen (secondary N) is 2. The number of alkyl halides is 6. The summed E-state index contributed by atoms with van der Waals surface area (Å²) in [5.74, 6) is -2.17. The van der Waals surface area contributed by atoms with Gasteiger partial charge in [0.05, 0.1) is 11.1 Å². The van der Waals surface area contributed by atoms with Crippen molar-refractivity contribution in [1.82, 2.24) is 15.8 Å². The van der Waals surface area contributed by atoms with Gasteiger partial charge in [-0.25, -0.2) is 0 Å². The van der Waals surface area contributed by atoms with Crippen LogP contribution in [-0.4, -0.2) is 16.8 Å². The predicted molar refractivity (Wildman–Crippen MR) is 101 cm³/mol. The lowest BCUT2D eigenvalue weighted by molar-refractivity contribution is -0.143. The summed E-state index contributed by atoms with van der Waals surface area (Å²) in [6, 6.07) is 10.0. The number of benzene rings is 2. The highest BCUT2D eigenvalue weighted by Crippen LogP contribution is 2.36. The van der Waals surface area contributed by atoms with Gasteiger partial charge in [-0.2, -0.15) is 26.3 Å². The molecule has 0 radical (unpaired) electrons. The van der Waals surface area contributed by atoms with Crippen LogP contribution in [0.25, 0.3) is 11.1 Å².